The fraction of sp³-hybridized carbons (Fsp3) is 0.750. The summed E-state index contributed by atoms with van der Waals surface area (Å²) in [4.78, 5) is 0. The Balaban J connectivity index is 3.63. The first-order chi connectivity index (χ1) is 4.76. The van der Waals surface area contributed by atoms with Gasteiger partial charge in [-0.05, 0) is 6.42 Å². The zero-order chi connectivity index (χ0) is 7.98. The van der Waals surface area contributed by atoms with E-state index in [-0.39, 0.29) is 6.10 Å². The van der Waals surface area contributed by atoms with Crippen LogP contribution in [0, 0.1) is 0 Å². The highest BCUT2D eigenvalue weighted by molar-refractivity contribution is 4.85. The van der Waals surface area contributed by atoms with Gasteiger partial charge in [-0.25, -0.2) is 0 Å². The van der Waals surface area contributed by atoms with Crippen LogP contribution in [0.3, 0.4) is 0 Å². The summed E-state index contributed by atoms with van der Waals surface area (Å²) < 4.78 is 4.95. The minimum absolute atomic E-state index is 0.208. The van der Waals surface area contributed by atoms with Gasteiger partial charge in [0.1, 0.15) is 6.10 Å². The van der Waals surface area contributed by atoms with Crippen molar-refractivity contribution in [1.29, 1.82) is 0 Å². The van der Waals surface area contributed by atoms with Crippen molar-refractivity contribution >= 4 is 0 Å². The molecule has 1 N–H and O–H groups in total. The Kier molecular flexibility index (Phi) is 5.26. The molecule has 0 saturated heterocycles. The molecule has 2 nitrogen and oxygen atoms in total. The quantitative estimate of drug-likeness (QED) is 0.590. The van der Waals surface area contributed by atoms with Crippen LogP contribution < -0.4 is 0 Å². The third kappa shape index (κ3) is 2.99. The fourth-order valence-corrected chi connectivity index (χ4v) is 0.870. The Morgan fingerprint density at radius 3 is 2.60 bits per heavy atom. The molecule has 0 saturated carbocycles. The van der Waals surface area contributed by atoms with E-state index in [1.807, 2.05) is 6.92 Å². The average molecular weight is 144 g/mol. The van der Waals surface area contributed by atoms with E-state index in [4.69, 9.17) is 4.74 Å². The number of aliphatic hydroxyl groups excluding tert-OH is 1. The highest BCUT2D eigenvalue weighted by Crippen LogP contribution is 2.05. The SMILES string of the molecule is C=CC(OC)C(O)CCC. The molecule has 0 aliphatic rings. The summed E-state index contributed by atoms with van der Waals surface area (Å²) in [5, 5.41) is 9.31. The highest BCUT2D eigenvalue weighted by Gasteiger charge is 2.12. The molecule has 0 aromatic rings. The maximum absolute atomic E-state index is 9.31. The van der Waals surface area contributed by atoms with Crippen molar-refractivity contribution < 1.29 is 9.84 Å². The molecule has 2 heteroatoms. The molecule has 0 aromatic heterocycles. The zero-order valence-electron chi connectivity index (χ0n) is 6.71. The number of methoxy groups -OCH3 is 1. The number of aliphatic hydroxyl groups is 1. The molecule has 10 heavy (non-hydrogen) atoms. The first-order valence-electron chi connectivity index (χ1n) is 3.59. The van der Waals surface area contributed by atoms with Crippen molar-refractivity contribution in [2.24, 2.45) is 0 Å². The monoisotopic (exact) mass is 144 g/mol. The molecule has 0 amide bonds. The van der Waals surface area contributed by atoms with E-state index < -0.39 is 6.10 Å². The number of hydrogen-bond donors (Lipinski definition) is 1. The topological polar surface area (TPSA) is 29.5 Å². The summed E-state index contributed by atoms with van der Waals surface area (Å²) in [5.74, 6) is 0. The second kappa shape index (κ2) is 5.45. The molecule has 0 bridgehead atoms. The second-order valence-electron chi connectivity index (χ2n) is 2.29. The van der Waals surface area contributed by atoms with Crippen LogP contribution in [0.1, 0.15) is 19.8 Å². The van der Waals surface area contributed by atoms with Gasteiger partial charge in [0, 0.05) is 7.11 Å². The largest absolute Gasteiger partial charge is 0.390 e. The molecule has 0 heterocycles. The molecule has 0 rings (SSSR count). The standard InChI is InChI=1S/C8H16O2/c1-4-6-7(9)8(5-2)10-3/h5,7-9H,2,4,6H2,1,3H3. The molecule has 60 valence electrons. The summed E-state index contributed by atoms with van der Waals surface area (Å²) in [6, 6.07) is 0. The van der Waals surface area contributed by atoms with Crippen molar-refractivity contribution in [2.45, 2.75) is 32.0 Å². The van der Waals surface area contributed by atoms with Crippen molar-refractivity contribution in [3.05, 3.63) is 12.7 Å². The summed E-state index contributed by atoms with van der Waals surface area (Å²) in [7, 11) is 1.57. The van der Waals surface area contributed by atoms with Gasteiger partial charge in [0.25, 0.3) is 0 Å². The molecule has 0 aromatic carbocycles. The third-order valence-electron chi connectivity index (χ3n) is 1.47. The Morgan fingerprint density at radius 1 is 1.70 bits per heavy atom. The molecule has 0 aliphatic carbocycles. The van der Waals surface area contributed by atoms with E-state index in [1.54, 1.807) is 13.2 Å². The maximum Gasteiger partial charge on any atom is 0.101 e. The van der Waals surface area contributed by atoms with Crippen LogP contribution in [0.25, 0.3) is 0 Å². The third-order valence-corrected chi connectivity index (χ3v) is 1.47. The lowest BCUT2D eigenvalue weighted by Gasteiger charge is -2.16. The van der Waals surface area contributed by atoms with E-state index in [2.05, 4.69) is 6.58 Å². The molecular weight excluding hydrogens is 128 g/mol. The van der Waals surface area contributed by atoms with Crippen LogP contribution in [0.5, 0.6) is 0 Å². The van der Waals surface area contributed by atoms with Gasteiger partial charge in [0.15, 0.2) is 0 Å². The number of rotatable bonds is 5. The molecule has 0 aliphatic heterocycles. The van der Waals surface area contributed by atoms with Gasteiger partial charge < -0.3 is 9.84 Å². The normalized spacial score (nSPS) is 16.3. The predicted molar refractivity (Wildman–Crippen MR) is 41.9 cm³/mol. The number of ether oxygens (including phenoxy) is 1. The lowest BCUT2D eigenvalue weighted by molar-refractivity contribution is 0.0126. The minimum atomic E-state index is -0.396. The van der Waals surface area contributed by atoms with Crippen molar-refractivity contribution in [2.75, 3.05) is 7.11 Å². The van der Waals surface area contributed by atoms with Crippen LogP contribution in [0.2, 0.25) is 0 Å². The van der Waals surface area contributed by atoms with Gasteiger partial charge in [0.2, 0.25) is 0 Å². The summed E-state index contributed by atoms with van der Waals surface area (Å²) in [6.07, 6.45) is 2.76. The van der Waals surface area contributed by atoms with Crippen LogP contribution in [0.15, 0.2) is 12.7 Å². The number of hydrogen-bond acceptors (Lipinski definition) is 2. The van der Waals surface area contributed by atoms with Gasteiger partial charge in [-0.1, -0.05) is 19.4 Å². The first-order valence-corrected chi connectivity index (χ1v) is 3.59. The van der Waals surface area contributed by atoms with Gasteiger partial charge in [-0.2, -0.15) is 0 Å². The predicted octanol–water partition coefficient (Wildman–Crippen LogP) is 1.35. The van der Waals surface area contributed by atoms with Crippen LogP contribution in [-0.4, -0.2) is 24.4 Å². The molecule has 0 fully saturated rings. The Morgan fingerprint density at radius 2 is 2.30 bits per heavy atom. The van der Waals surface area contributed by atoms with Gasteiger partial charge in [-0.15, -0.1) is 6.58 Å². The smallest absolute Gasteiger partial charge is 0.101 e. The lowest BCUT2D eigenvalue weighted by atomic mass is 10.1. The van der Waals surface area contributed by atoms with Gasteiger partial charge in [-0.3, -0.25) is 0 Å². The minimum Gasteiger partial charge on any atom is -0.390 e. The molecule has 2 atom stereocenters. The molecular formula is C8H16O2. The van der Waals surface area contributed by atoms with Crippen molar-refractivity contribution in [1.82, 2.24) is 0 Å². The first kappa shape index (κ1) is 9.66. The summed E-state index contributed by atoms with van der Waals surface area (Å²) in [5.41, 5.74) is 0. The van der Waals surface area contributed by atoms with Gasteiger partial charge in [0.05, 0.1) is 6.10 Å². The summed E-state index contributed by atoms with van der Waals surface area (Å²) >= 11 is 0. The van der Waals surface area contributed by atoms with Gasteiger partial charge >= 0.3 is 0 Å². The van der Waals surface area contributed by atoms with Crippen molar-refractivity contribution in [3.63, 3.8) is 0 Å². The highest BCUT2D eigenvalue weighted by atomic mass is 16.5. The van der Waals surface area contributed by atoms with E-state index in [1.165, 1.54) is 0 Å². The maximum atomic E-state index is 9.31. The second-order valence-corrected chi connectivity index (χ2v) is 2.29. The van der Waals surface area contributed by atoms with Crippen LogP contribution in [0.4, 0.5) is 0 Å². The van der Waals surface area contributed by atoms with Crippen molar-refractivity contribution in [3.8, 4) is 0 Å². The Labute approximate surface area is 62.5 Å². The van der Waals surface area contributed by atoms with E-state index in [0.717, 1.165) is 12.8 Å². The lowest BCUT2D eigenvalue weighted by Crippen LogP contribution is -2.25. The Bertz CT molecular complexity index is 91.3. The Hall–Kier alpha value is -0.340. The average Bonchev–Trinajstić information content (AvgIpc) is 1.91. The van der Waals surface area contributed by atoms with Crippen LogP contribution in [-0.2, 0) is 4.74 Å². The van der Waals surface area contributed by atoms with E-state index in [9.17, 15) is 5.11 Å². The van der Waals surface area contributed by atoms with E-state index in [0.29, 0.717) is 0 Å². The molecule has 0 radical (unpaired) electrons. The molecule has 0 spiro atoms. The van der Waals surface area contributed by atoms with Crippen LogP contribution >= 0.6 is 0 Å². The zero-order valence-corrected chi connectivity index (χ0v) is 6.71. The fourth-order valence-electron chi connectivity index (χ4n) is 0.870. The van der Waals surface area contributed by atoms with E-state index >= 15 is 0 Å². The molecule has 2 unspecified atom stereocenters. The summed E-state index contributed by atoms with van der Waals surface area (Å²) in [6.45, 7) is 5.58.